The minimum atomic E-state index is -0.426. The van der Waals surface area contributed by atoms with Gasteiger partial charge >= 0.3 is 0 Å². The van der Waals surface area contributed by atoms with Gasteiger partial charge in [-0.25, -0.2) is 4.39 Å². The molecule has 0 aliphatic carbocycles. The largest absolute Gasteiger partial charge is 0.356 e. The van der Waals surface area contributed by atoms with Gasteiger partial charge in [-0.1, -0.05) is 32.9 Å². The highest BCUT2D eigenvalue weighted by Gasteiger charge is 2.27. The molecule has 5 nitrogen and oxygen atoms in total. The zero-order valence-electron chi connectivity index (χ0n) is 15.3. The molecule has 25 heavy (non-hydrogen) atoms. The van der Waals surface area contributed by atoms with E-state index in [4.69, 9.17) is 0 Å². The van der Waals surface area contributed by atoms with Gasteiger partial charge in [0.25, 0.3) is 0 Å². The minimum Gasteiger partial charge on any atom is -0.356 e. The van der Waals surface area contributed by atoms with Gasteiger partial charge in [0.05, 0.1) is 6.04 Å². The Labute approximate surface area is 149 Å². The lowest BCUT2D eigenvalue weighted by Gasteiger charge is -2.36. The Bertz CT molecular complexity index is 613. The second-order valence-electron chi connectivity index (χ2n) is 7.47. The van der Waals surface area contributed by atoms with Crippen LogP contribution in [0, 0.1) is 11.2 Å². The fraction of sp³-hybridized carbons (Fsp3) is 0.579. The molecule has 6 heteroatoms. The van der Waals surface area contributed by atoms with Crippen LogP contribution in [0.15, 0.2) is 24.3 Å². The van der Waals surface area contributed by atoms with Crippen LogP contribution in [0.2, 0.25) is 0 Å². The molecule has 1 saturated heterocycles. The SMILES string of the molecule is CC(C)(C)C(=O)NCCCC(=O)N1CCNCC1c1cccc(F)c1. The van der Waals surface area contributed by atoms with E-state index in [1.54, 1.807) is 6.07 Å². The molecule has 0 radical (unpaired) electrons. The number of amides is 2. The molecule has 1 atom stereocenters. The fourth-order valence-electron chi connectivity index (χ4n) is 2.86. The van der Waals surface area contributed by atoms with E-state index in [1.807, 2.05) is 31.7 Å². The summed E-state index contributed by atoms with van der Waals surface area (Å²) in [5, 5.41) is 6.12. The van der Waals surface area contributed by atoms with Crippen LogP contribution >= 0.6 is 0 Å². The van der Waals surface area contributed by atoms with Crippen molar-refractivity contribution >= 4 is 11.8 Å². The Morgan fingerprint density at radius 1 is 1.36 bits per heavy atom. The van der Waals surface area contributed by atoms with E-state index in [0.717, 1.165) is 12.1 Å². The van der Waals surface area contributed by atoms with E-state index in [2.05, 4.69) is 10.6 Å². The second-order valence-corrected chi connectivity index (χ2v) is 7.47. The molecule has 1 aliphatic rings. The maximum absolute atomic E-state index is 13.5. The van der Waals surface area contributed by atoms with Crippen molar-refractivity contribution < 1.29 is 14.0 Å². The molecule has 1 heterocycles. The maximum Gasteiger partial charge on any atom is 0.225 e. The molecule has 2 amide bonds. The second kappa shape index (κ2) is 8.43. The summed E-state index contributed by atoms with van der Waals surface area (Å²) in [6.45, 7) is 8.02. The van der Waals surface area contributed by atoms with Crippen LogP contribution < -0.4 is 10.6 Å². The van der Waals surface area contributed by atoms with Gasteiger partial charge in [-0.2, -0.15) is 0 Å². The number of halogens is 1. The van der Waals surface area contributed by atoms with Crippen molar-refractivity contribution in [2.45, 2.75) is 39.7 Å². The molecule has 1 aromatic rings. The predicted molar refractivity (Wildman–Crippen MR) is 95.4 cm³/mol. The van der Waals surface area contributed by atoms with Crippen molar-refractivity contribution in [3.8, 4) is 0 Å². The van der Waals surface area contributed by atoms with Gasteiger partial charge in [0.15, 0.2) is 0 Å². The van der Waals surface area contributed by atoms with E-state index in [0.29, 0.717) is 32.5 Å². The molecular formula is C19H28FN3O2. The van der Waals surface area contributed by atoms with E-state index in [1.165, 1.54) is 12.1 Å². The van der Waals surface area contributed by atoms with Crippen LogP contribution in [0.4, 0.5) is 4.39 Å². The smallest absolute Gasteiger partial charge is 0.225 e. The lowest BCUT2D eigenvalue weighted by atomic mass is 9.96. The first kappa shape index (κ1) is 19.4. The summed E-state index contributed by atoms with van der Waals surface area (Å²) in [4.78, 5) is 26.2. The topological polar surface area (TPSA) is 61.4 Å². The van der Waals surface area contributed by atoms with Crippen molar-refractivity contribution in [1.29, 1.82) is 0 Å². The highest BCUT2D eigenvalue weighted by molar-refractivity contribution is 5.81. The Morgan fingerprint density at radius 2 is 2.12 bits per heavy atom. The molecular weight excluding hydrogens is 321 g/mol. The fourth-order valence-corrected chi connectivity index (χ4v) is 2.86. The summed E-state index contributed by atoms with van der Waals surface area (Å²) in [6, 6.07) is 6.26. The summed E-state index contributed by atoms with van der Waals surface area (Å²) >= 11 is 0. The molecule has 1 aliphatic heterocycles. The average molecular weight is 349 g/mol. The van der Waals surface area contributed by atoms with Gasteiger partial charge in [-0.05, 0) is 24.1 Å². The number of carbonyl (C=O) groups is 2. The molecule has 0 saturated carbocycles. The van der Waals surface area contributed by atoms with Gasteiger partial charge in [-0.3, -0.25) is 9.59 Å². The lowest BCUT2D eigenvalue weighted by Crippen LogP contribution is -2.48. The zero-order valence-corrected chi connectivity index (χ0v) is 15.3. The summed E-state index contributed by atoms with van der Waals surface area (Å²) in [7, 11) is 0. The number of benzene rings is 1. The number of nitrogens with zero attached hydrogens (tertiary/aromatic N) is 1. The predicted octanol–water partition coefficient (Wildman–Crippen LogP) is 2.24. The Balaban J connectivity index is 1.89. The van der Waals surface area contributed by atoms with Crippen LogP contribution in [0.5, 0.6) is 0 Å². The normalized spacial score (nSPS) is 18.1. The van der Waals surface area contributed by atoms with Crippen LogP contribution in [-0.4, -0.2) is 42.9 Å². The van der Waals surface area contributed by atoms with Gasteiger partial charge in [0, 0.05) is 38.0 Å². The minimum absolute atomic E-state index is 0.0141. The maximum atomic E-state index is 13.5. The molecule has 138 valence electrons. The van der Waals surface area contributed by atoms with Crippen LogP contribution in [-0.2, 0) is 9.59 Å². The number of hydrogen-bond donors (Lipinski definition) is 2. The van der Waals surface area contributed by atoms with Crippen molar-refractivity contribution in [2.75, 3.05) is 26.2 Å². The number of hydrogen-bond acceptors (Lipinski definition) is 3. The van der Waals surface area contributed by atoms with Crippen LogP contribution in [0.1, 0.15) is 45.2 Å². The van der Waals surface area contributed by atoms with E-state index >= 15 is 0 Å². The van der Waals surface area contributed by atoms with Crippen molar-refractivity contribution in [1.82, 2.24) is 15.5 Å². The number of piperazine rings is 1. The molecule has 1 aromatic carbocycles. The monoisotopic (exact) mass is 349 g/mol. The summed E-state index contributed by atoms with van der Waals surface area (Å²) in [6.07, 6.45) is 0.969. The van der Waals surface area contributed by atoms with E-state index in [-0.39, 0.29) is 23.7 Å². The molecule has 1 unspecified atom stereocenters. The standard InChI is InChI=1S/C19H28FN3O2/c1-19(2,3)18(25)22-9-5-8-17(24)23-11-10-21-13-16(23)14-6-4-7-15(20)12-14/h4,6-7,12,16,21H,5,8-11,13H2,1-3H3,(H,22,25). The van der Waals surface area contributed by atoms with Gasteiger partial charge in [0.1, 0.15) is 5.82 Å². The third kappa shape index (κ3) is 5.53. The third-order valence-corrected chi connectivity index (χ3v) is 4.33. The summed E-state index contributed by atoms with van der Waals surface area (Å²) in [5.41, 5.74) is 0.381. The van der Waals surface area contributed by atoms with E-state index in [9.17, 15) is 14.0 Å². The number of nitrogens with one attached hydrogen (secondary N) is 2. The van der Waals surface area contributed by atoms with Crippen molar-refractivity contribution in [2.24, 2.45) is 5.41 Å². The first-order valence-corrected chi connectivity index (χ1v) is 8.83. The first-order valence-electron chi connectivity index (χ1n) is 8.83. The summed E-state index contributed by atoms with van der Waals surface area (Å²) in [5.74, 6) is -0.263. The third-order valence-electron chi connectivity index (χ3n) is 4.33. The van der Waals surface area contributed by atoms with Gasteiger partial charge < -0.3 is 15.5 Å². The van der Waals surface area contributed by atoms with Crippen LogP contribution in [0.25, 0.3) is 0 Å². The van der Waals surface area contributed by atoms with Crippen molar-refractivity contribution in [3.63, 3.8) is 0 Å². The van der Waals surface area contributed by atoms with E-state index < -0.39 is 5.41 Å². The Morgan fingerprint density at radius 3 is 2.80 bits per heavy atom. The molecule has 1 fully saturated rings. The molecule has 0 spiro atoms. The highest BCUT2D eigenvalue weighted by Crippen LogP contribution is 2.24. The van der Waals surface area contributed by atoms with Crippen LogP contribution in [0.3, 0.4) is 0 Å². The lowest BCUT2D eigenvalue weighted by molar-refractivity contribution is -0.135. The molecule has 0 aromatic heterocycles. The highest BCUT2D eigenvalue weighted by atomic mass is 19.1. The first-order chi connectivity index (χ1) is 11.8. The Hall–Kier alpha value is -1.95. The molecule has 2 N–H and O–H groups in total. The number of carbonyl (C=O) groups excluding carboxylic acids is 2. The molecule has 0 bridgehead atoms. The zero-order chi connectivity index (χ0) is 18.4. The van der Waals surface area contributed by atoms with Gasteiger partial charge in [-0.15, -0.1) is 0 Å². The van der Waals surface area contributed by atoms with Gasteiger partial charge in [0.2, 0.25) is 11.8 Å². The quantitative estimate of drug-likeness (QED) is 0.802. The average Bonchev–Trinajstić information content (AvgIpc) is 2.57. The molecule has 2 rings (SSSR count). The van der Waals surface area contributed by atoms with Crippen molar-refractivity contribution in [3.05, 3.63) is 35.6 Å². The summed E-state index contributed by atoms with van der Waals surface area (Å²) < 4.78 is 13.5. The Kier molecular flexibility index (Phi) is 6.53. The number of rotatable bonds is 5.